The molecule has 3 aromatic rings. The molecule has 3 heteroatoms. The zero-order chi connectivity index (χ0) is 15.8. The minimum atomic E-state index is 0.784. The lowest BCUT2D eigenvalue weighted by Crippen LogP contribution is -1.93. The van der Waals surface area contributed by atoms with Gasteiger partial charge in [0, 0.05) is 29.2 Å². The van der Waals surface area contributed by atoms with Crippen LogP contribution in [0.1, 0.15) is 16.7 Å². The van der Waals surface area contributed by atoms with Gasteiger partial charge < -0.3 is 5.73 Å². The number of aliphatic imine (C=N–C) groups is 1. The molecule has 0 unspecified atom stereocenters. The van der Waals surface area contributed by atoms with Gasteiger partial charge in [0.25, 0.3) is 0 Å². The van der Waals surface area contributed by atoms with E-state index < -0.39 is 0 Å². The number of benzene rings is 2. The summed E-state index contributed by atoms with van der Waals surface area (Å²) in [6.45, 7) is 2.81. The molecule has 0 saturated heterocycles. The van der Waals surface area contributed by atoms with Gasteiger partial charge in [0.2, 0.25) is 0 Å². The van der Waals surface area contributed by atoms with Crippen molar-refractivity contribution < 1.29 is 0 Å². The summed E-state index contributed by atoms with van der Waals surface area (Å²) in [5.41, 5.74) is 14.6. The van der Waals surface area contributed by atoms with Crippen LogP contribution in [-0.2, 0) is 6.54 Å². The summed E-state index contributed by atoms with van der Waals surface area (Å²) in [4.78, 5) is 8.95. The maximum atomic E-state index is 5.94. The molecular weight excluding hydrogens is 282 g/mol. The Morgan fingerprint density at radius 3 is 2.74 bits per heavy atom. The summed E-state index contributed by atoms with van der Waals surface area (Å²) >= 11 is 0. The molecule has 1 aliphatic rings. The number of nitrogen functional groups attached to an aromatic ring is 1. The van der Waals surface area contributed by atoms with Crippen molar-refractivity contribution >= 4 is 11.9 Å². The monoisotopic (exact) mass is 299 g/mol. The Hall–Kier alpha value is -2.94. The third-order valence-corrected chi connectivity index (χ3v) is 4.30. The molecule has 23 heavy (non-hydrogen) atoms. The van der Waals surface area contributed by atoms with Crippen molar-refractivity contribution in [1.29, 1.82) is 0 Å². The number of nitrogens with two attached hydrogens (primary N) is 1. The van der Waals surface area contributed by atoms with E-state index in [9.17, 15) is 0 Å². The molecule has 3 nitrogen and oxygen atoms in total. The normalized spacial score (nSPS) is 12.4. The molecule has 2 N–H and O–H groups in total. The molecule has 0 spiro atoms. The Balaban J connectivity index is 1.87. The van der Waals surface area contributed by atoms with E-state index in [2.05, 4.69) is 40.3 Å². The molecule has 112 valence electrons. The van der Waals surface area contributed by atoms with Crippen molar-refractivity contribution in [3.63, 3.8) is 0 Å². The first-order valence-electron chi connectivity index (χ1n) is 7.67. The lowest BCUT2D eigenvalue weighted by molar-refractivity contribution is 1.11. The number of fused-ring (bicyclic) bond motifs is 1. The van der Waals surface area contributed by atoms with Gasteiger partial charge in [-0.25, -0.2) is 0 Å². The number of aryl methyl sites for hydroxylation is 1. The van der Waals surface area contributed by atoms with Crippen molar-refractivity contribution in [2.24, 2.45) is 4.99 Å². The number of nitrogens with zero attached hydrogens (tertiary/aromatic N) is 2. The minimum absolute atomic E-state index is 0.784. The van der Waals surface area contributed by atoms with Crippen LogP contribution in [0.15, 0.2) is 59.7 Å². The van der Waals surface area contributed by atoms with Gasteiger partial charge in [0.1, 0.15) is 0 Å². The van der Waals surface area contributed by atoms with Crippen LogP contribution in [-0.4, -0.2) is 11.2 Å². The molecule has 0 saturated carbocycles. The van der Waals surface area contributed by atoms with Crippen LogP contribution in [0.5, 0.6) is 0 Å². The molecular formula is C20H17N3. The number of rotatable bonds is 2. The molecule has 0 fully saturated rings. The largest absolute Gasteiger partial charge is 0.399 e. The van der Waals surface area contributed by atoms with Gasteiger partial charge in [-0.1, -0.05) is 24.3 Å². The molecule has 0 aliphatic carbocycles. The fourth-order valence-electron chi connectivity index (χ4n) is 2.96. The highest BCUT2D eigenvalue weighted by atomic mass is 14.7. The third-order valence-electron chi connectivity index (χ3n) is 4.30. The molecule has 2 heterocycles. The first kappa shape index (κ1) is 13.7. The van der Waals surface area contributed by atoms with E-state index in [-0.39, 0.29) is 0 Å². The second-order valence-corrected chi connectivity index (χ2v) is 5.85. The van der Waals surface area contributed by atoms with Crippen LogP contribution in [0.3, 0.4) is 0 Å². The van der Waals surface area contributed by atoms with E-state index in [0.717, 1.165) is 40.2 Å². The van der Waals surface area contributed by atoms with Crippen LogP contribution in [0.4, 0.5) is 5.69 Å². The second kappa shape index (κ2) is 5.36. The zero-order valence-electron chi connectivity index (χ0n) is 13.0. The average Bonchev–Trinajstić information content (AvgIpc) is 3.05. The standard InChI is InChI=1S/C20H17N3/c1-13-9-15(6-7-19(13)21)20-18(3-2-8-23-20)14-4-5-16-11-22-12-17(16)10-14/h2-10,12H,11,21H2,1H3. The predicted molar refractivity (Wildman–Crippen MR) is 95.6 cm³/mol. The first-order valence-corrected chi connectivity index (χ1v) is 7.67. The number of hydrogen-bond donors (Lipinski definition) is 1. The Morgan fingerprint density at radius 1 is 1.00 bits per heavy atom. The van der Waals surface area contributed by atoms with Gasteiger partial charge >= 0.3 is 0 Å². The van der Waals surface area contributed by atoms with E-state index in [1.807, 2.05) is 37.5 Å². The maximum absolute atomic E-state index is 5.94. The molecule has 0 atom stereocenters. The Kier molecular flexibility index (Phi) is 3.19. The quantitative estimate of drug-likeness (QED) is 0.720. The van der Waals surface area contributed by atoms with Crippen molar-refractivity contribution in [1.82, 2.24) is 4.98 Å². The zero-order valence-corrected chi connectivity index (χ0v) is 13.0. The molecule has 1 aromatic heterocycles. The van der Waals surface area contributed by atoms with Gasteiger partial charge in [0.15, 0.2) is 0 Å². The molecule has 4 rings (SSSR count). The number of anilines is 1. The lowest BCUT2D eigenvalue weighted by Gasteiger charge is -2.11. The van der Waals surface area contributed by atoms with Gasteiger partial charge in [-0.3, -0.25) is 9.98 Å². The Morgan fingerprint density at radius 2 is 1.87 bits per heavy atom. The van der Waals surface area contributed by atoms with Gasteiger partial charge in [-0.05, 0) is 53.4 Å². The van der Waals surface area contributed by atoms with Crippen LogP contribution >= 0.6 is 0 Å². The summed E-state index contributed by atoms with van der Waals surface area (Å²) in [5.74, 6) is 0. The highest BCUT2D eigenvalue weighted by Crippen LogP contribution is 2.33. The molecule has 0 amide bonds. The predicted octanol–water partition coefficient (Wildman–Crippen LogP) is 4.24. The second-order valence-electron chi connectivity index (χ2n) is 5.85. The summed E-state index contributed by atoms with van der Waals surface area (Å²) in [6, 6.07) is 16.7. The summed E-state index contributed by atoms with van der Waals surface area (Å²) in [6.07, 6.45) is 3.78. The summed E-state index contributed by atoms with van der Waals surface area (Å²) < 4.78 is 0. The van der Waals surface area contributed by atoms with Crippen molar-refractivity contribution in [2.45, 2.75) is 13.5 Å². The fraction of sp³-hybridized carbons (Fsp3) is 0.100. The van der Waals surface area contributed by atoms with Crippen molar-refractivity contribution in [2.75, 3.05) is 5.73 Å². The fourth-order valence-corrected chi connectivity index (χ4v) is 2.96. The smallest absolute Gasteiger partial charge is 0.0780 e. The van der Waals surface area contributed by atoms with Crippen LogP contribution in [0, 0.1) is 6.92 Å². The van der Waals surface area contributed by atoms with Crippen molar-refractivity contribution in [3.8, 4) is 22.4 Å². The van der Waals surface area contributed by atoms with Gasteiger partial charge in [0.05, 0.1) is 12.2 Å². The highest BCUT2D eigenvalue weighted by molar-refractivity contribution is 5.89. The van der Waals surface area contributed by atoms with E-state index in [1.165, 1.54) is 11.1 Å². The molecule has 0 radical (unpaired) electrons. The highest BCUT2D eigenvalue weighted by Gasteiger charge is 2.12. The van der Waals surface area contributed by atoms with Gasteiger partial charge in [-0.15, -0.1) is 0 Å². The first-order chi connectivity index (χ1) is 11.2. The minimum Gasteiger partial charge on any atom is -0.399 e. The number of pyridine rings is 1. The Labute approximate surface area is 135 Å². The van der Waals surface area contributed by atoms with E-state index in [0.29, 0.717) is 0 Å². The topological polar surface area (TPSA) is 51.3 Å². The lowest BCUT2D eigenvalue weighted by atomic mass is 9.96. The number of aromatic nitrogens is 1. The van der Waals surface area contributed by atoms with E-state index in [1.54, 1.807) is 0 Å². The van der Waals surface area contributed by atoms with Crippen LogP contribution in [0.25, 0.3) is 22.4 Å². The SMILES string of the molecule is Cc1cc(-c2ncccc2-c2ccc3c(c2)C=NC3)ccc1N. The van der Waals surface area contributed by atoms with E-state index in [4.69, 9.17) is 5.73 Å². The number of hydrogen-bond acceptors (Lipinski definition) is 3. The molecule has 1 aliphatic heterocycles. The molecule has 2 aromatic carbocycles. The summed E-state index contributed by atoms with van der Waals surface area (Å²) in [7, 11) is 0. The maximum Gasteiger partial charge on any atom is 0.0780 e. The average molecular weight is 299 g/mol. The molecule has 0 bridgehead atoms. The van der Waals surface area contributed by atoms with E-state index >= 15 is 0 Å². The Bertz CT molecular complexity index is 926. The van der Waals surface area contributed by atoms with Gasteiger partial charge in [-0.2, -0.15) is 0 Å². The summed E-state index contributed by atoms with van der Waals surface area (Å²) in [5, 5.41) is 0. The van der Waals surface area contributed by atoms with Crippen LogP contribution in [0.2, 0.25) is 0 Å². The third kappa shape index (κ3) is 2.40. The van der Waals surface area contributed by atoms with Crippen LogP contribution < -0.4 is 5.73 Å². The van der Waals surface area contributed by atoms with Crippen molar-refractivity contribution in [3.05, 3.63) is 71.4 Å².